The second kappa shape index (κ2) is 7.01. The highest BCUT2D eigenvalue weighted by Gasteiger charge is 2.57. The average molecular weight is 357 g/mol. The van der Waals surface area contributed by atoms with Crippen LogP contribution in [0.4, 0.5) is 0 Å². The third kappa shape index (κ3) is 3.12. The molecule has 5 heteroatoms. The van der Waals surface area contributed by atoms with Crippen LogP contribution in [-0.2, 0) is 29.0 Å². The van der Waals surface area contributed by atoms with Gasteiger partial charge in [0.1, 0.15) is 0 Å². The minimum Gasteiger partial charge on any atom is -0.356 e. The Kier molecular flexibility index (Phi) is 5.09. The maximum atomic E-state index is 13.1. The van der Waals surface area contributed by atoms with Crippen molar-refractivity contribution in [1.82, 2.24) is 15.6 Å². The number of amides is 2. The van der Waals surface area contributed by atoms with E-state index in [0.717, 1.165) is 31.2 Å². The number of rotatable bonds is 5. The SMILES string of the molecule is CCNC(=O)[C@@H]1CC[C@](C)(C(=O)NCc2cnc3c(c2)CCC3)C1(C)C. The van der Waals surface area contributed by atoms with Gasteiger partial charge in [-0.05, 0) is 55.6 Å². The van der Waals surface area contributed by atoms with E-state index in [1.807, 2.05) is 20.0 Å². The third-order valence-corrected chi connectivity index (χ3v) is 6.82. The van der Waals surface area contributed by atoms with Crippen LogP contribution >= 0.6 is 0 Å². The third-order valence-electron chi connectivity index (χ3n) is 6.82. The number of aromatic nitrogens is 1. The van der Waals surface area contributed by atoms with Crippen molar-refractivity contribution < 1.29 is 9.59 Å². The summed E-state index contributed by atoms with van der Waals surface area (Å²) in [7, 11) is 0. The molecule has 2 amide bonds. The van der Waals surface area contributed by atoms with Crippen molar-refractivity contribution in [3.05, 3.63) is 29.1 Å². The van der Waals surface area contributed by atoms with Gasteiger partial charge in [-0.15, -0.1) is 0 Å². The first-order valence-electron chi connectivity index (χ1n) is 9.82. The monoisotopic (exact) mass is 357 g/mol. The fourth-order valence-corrected chi connectivity index (χ4v) is 4.61. The van der Waals surface area contributed by atoms with Crippen molar-refractivity contribution in [2.45, 2.75) is 66.3 Å². The van der Waals surface area contributed by atoms with E-state index in [9.17, 15) is 9.59 Å². The number of hydrogen-bond acceptors (Lipinski definition) is 3. The fraction of sp³-hybridized carbons (Fsp3) is 0.667. The molecule has 2 aliphatic rings. The summed E-state index contributed by atoms with van der Waals surface area (Å²) < 4.78 is 0. The van der Waals surface area contributed by atoms with E-state index in [2.05, 4.69) is 35.5 Å². The smallest absolute Gasteiger partial charge is 0.226 e. The zero-order chi connectivity index (χ0) is 18.9. The van der Waals surface area contributed by atoms with Gasteiger partial charge in [-0.25, -0.2) is 0 Å². The lowest BCUT2D eigenvalue weighted by molar-refractivity contribution is -0.139. The minimum absolute atomic E-state index is 0.0368. The molecule has 0 aliphatic heterocycles. The molecule has 3 rings (SSSR count). The minimum atomic E-state index is -0.549. The van der Waals surface area contributed by atoms with Gasteiger partial charge in [-0.1, -0.05) is 26.8 Å². The van der Waals surface area contributed by atoms with Gasteiger partial charge in [0.05, 0.1) is 5.41 Å². The molecule has 0 unspecified atom stereocenters. The Hall–Kier alpha value is -1.91. The van der Waals surface area contributed by atoms with Gasteiger partial charge in [0.2, 0.25) is 11.8 Å². The second-order valence-corrected chi connectivity index (χ2v) is 8.53. The molecule has 5 nitrogen and oxygen atoms in total. The summed E-state index contributed by atoms with van der Waals surface area (Å²) in [6.45, 7) is 9.15. The molecule has 2 N–H and O–H groups in total. The van der Waals surface area contributed by atoms with E-state index in [1.54, 1.807) is 0 Å². The van der Waals surface area contributed by atoms with E-state index in [4.69, 9.17) is 0 Å². The van der Waals surface area contributed by atoms with E-state index < -0.39 is 5.41 Å². The van der Waals surface area contributed by atoms with Gasteiger partial charge in [0.15, 0.2) is 0 Å². The average Bonchev–Trinajstić information content (AvgIpc) is 3.15. The standard InChI is InChI=1S/C21H31N3O2/c1-5-22-18(25)16-9-10-21(4,20(16,2)3)19(26)24-13-14-11-15-7-6-8-17(15)23-12-14/h11-12,16H,5-10,13H2,1-4H3,(H,22,25)(H,24,26)/t16-,21+/m0/s1. The van der Waals surface area contributed by atoms with E-state index in [-0.39, 0.29) is 23.1 Å². The number of aryl methyl sites for hydroxylation is 2. The van der Waals surface area contributed by atoms with E-state index in [0.29, 0.717) is 13.1 Å². The first-order chi connectivity index (χ1) is 12.3. The molecule has 1 aromatic heterocycles. The van der Waals surface area contributed by atoms with Gasteiger partial charge < -0.3 is 10.6 Å². The van der Waals surface area contributed by atoms with Crippen LogP contribution in [0.5, 0.6) is 0 Å². The van der Waals surface area contributed by atoms with Crippen molar-refractivity contribution in [1.29, 1.82) is 0 Å². The Labute approximate surface area is 156 Å². The maximum absolute atomic E-state index is 13.1. The van der Waals surface area contributed by atoms with E-state index in [1.165, 1.54) is 17.7 Å². The molecular formula is C21H31N3O2. The Morgan fingerprint density at radius 2 is 2.00 bits per heavy atom. The number of fused-ring (bicyclic) bond motifs is 1. The molecule has 0 radical (unpaired) electrons. The topological polar surface area (TPSA) is 71.1 Å². The van der Waals surface area contributed by atoms with Crippen molar-refractivity contribution in [3.8, 4) is 0 Å². The van der Waals surface area contributed by atoms with Crippen molar-refractivity contribution in [2.75, 3.05) is 6.54 Å². The predicted octanol–water partition coefficient (Wildman–Crippen LogP) is 2.77. The lowest BCUT2D eigenvalue weighted by atomic mass is 9.65. The fourth-order valence-electron chi connectivity index (χ4n) is 4.61. The molecule has 1 fully saturated rings. The molecule has 1 saturated carbocycles. The number of nitrogens with one attached hydrogen (secondary N) is 2. The summed E-state index contributed by atoms with van der Waals surface area (Å²) in [5.74, 6) is -0.0218. The highest BCUT2D eigenvalue weighted by atomic mass is 16.2. The van der Waals surface area contributed by atoms with Crippen LogP contribution in [0.1, 0.15) is 63.8 Å². The number of carbonyl (C=O) groups is 2. The lowest BCUT2D eigenvalue weighted by Crippen LogP contribution is -2.49. The Bertz CT molecular complexity index is 713. The van der Waals surface area contributed by atoms with Crippen LogP contribution in [0.3, 0.4) is 0 Å². The second-order valence-electron chi connectivity index (χ2n) is 8.53. The highest BCUT2D eigenvalue weighted by molar-refractivity contribution is 5.87. The Balaban J connectivity index is 1.68. The van der Waals surface area contributed by atoms with Crippen LogP contribution in [-0.4, -0.2) is 23.3 Å². The zero-order valence-electron chi connectivity index (χ0n) is 16.4. The van der Waals surface area contributed by atoms with Gasteiger partial charge in [-0.3, -0.25) is 14.6 Å². The number of nitrogens with zero attached hydrogens (tertiary/aromatic N) is 1. The molecular weight excluding hydrogens is 326 g/mol. The molecule has 142 valence electrons. The van der Waals surface area contributed by atoms with Gasteiger partial charge in [0.25, 0.3) is 0 Å². The number of hydrogen-bond donors (Lipinski definition) is 2. The lowest BCUT2D eigenvalue weighted by Gasteiger charge is -2.39. The molecule has 2 aliphatic carbocycles. The largest absolute Gasteiger partial charge is 0.356 e. The Morgan fingerprint density at radius 3 is 2.73 bits per heavy atom. The highest BCUT2D eigenvalue weighted by Crippen LogP contribution is 2.56. The van der Waals surface area contributed by atoms with Crippen LogP contribution in [0.15, 0.2) is 12.3 Å². The molecule has 26 heavy (non-hydrogen) atoms. The van der Waals surface area contributed by atoms with Crippen molar-refractivity contribution in [2.24, 2.45) is 16.7 Å². The van der Waals surface area contributed by atoms with E-state index >= 15 is 0 Å². The van der Waals surface area contributed by atoms with Crippen molar-refractivity contribution >= 4 is 11.8 Å². The van der Waals surface area contributed by atoms with Gasteiger partial charge >= 0.3 is 0 Å². The van der Waals surface area contributed by atoms with Crippen LogP contribution in [0, 0.1) is 16.7 Å². The summed E-state index contributed by atoms with van der Waals surface area (Å²) in [6.07, 6.45) is 6.69. The van der Waals surface area contributed by atoms with Gasteiger partial charge in [-0.2, -0.15) is 0 Å². The van der Waals surface area contributed by atoms with Crippen LogP contribution in [0.2, 0.25) is 0 Å². The number of carbonyl (C=O) groups excluding carboxylic acids is 2. The quantitative estimate of drug-likeness (QED) is 0.851. The molecule has 0 saturated heterocycles. The summed E-state index contributed by atoms with van der Waals surface area (Å²) in [6, 6.07) is 2.18. The summed E-state index contributed by atoms with van der Waals surface area (Å²) in [5, 5.41) is 6.03. The number of pyridine rings is 1. The Morgan fingerprint density at radius 1 is 1.23 bits per heavy atom. The first-order valence-corrected chi connectivity index (χ1v) is 9.82. The zero-order valence-corrected chi connectivity index (χ0v) is 16.4. The molecule has 1 aromatic rings. The maximum Gasteiger partial charge on any atom is 0.226 e. The normalized spacial score (nSPS) is 26.4. The summed E-state index contributed by atoms with van der Waals surface area (Å²) >= 11 is 0. The van der Waals surface area contributed by atoms with Crippen LogP contribution < -0.4 is 10.6 Å². The summed E-state index contributed by atoms with van der Waals surface area (Å²) in [5.41, 5.74) is 2.65. The molecule has 0 aromatic carbocycles. The molecule has 1 heterocycles. The predicted molar refractivity (Wildman–Crippen MR) is 101 cm³/mol. The molecule has 0 bridgehead atoms. The first kappa shape index (κ1) is 18.9. The van der Waals surface area contributed by atoms with Gasteiger partial charge in [0, 0.05) is 30.9 Å². The molecule has 0 spiro atoms. The summed E-state index contributed by atoms with van der Waals surface area (Å²) in [4.78, 5) is 30.0. The van der Waals surface area contributed by atoms with Crippen LogP contribution in [0.25, 0.3) is 0 Å². The molecule has 2 atom stereocenters. The van der Waals surface area contributed by atoms with Crippen molar-refractivity contribution in [3.63, 3.8) is 0 Å².